The van der Waals surface area contributed by atoms with Gasteiger partial charge in [-0.3, -0.25) is 0 Å². The highest BCUT2D eigenvalue weighted by molar-refractivity contribution is 7.98. The van der Waals surface area contributed by atoms with E-state index in [1.165, 1.54) is 10.4 Å². The molecule has 21 heavy (non-hydrogen) atoms. The lowest BCUT2D eigenvalue weighted by molar-refractivity contribution is 0.406. The zero-order chi connectivity index (χ0) is 15.2. The van der Waals surface area contributed by atoms with Crippen molar-refractivity contribution < 1.29 is 0 Å². The molecule has 2 aromatic rings. The third kappa shape index (κ3) is 5.22. The number of thioether (sulfide) groups is 1. The summed E-state index contributed by atoms with van der Waals surface area (Å²) in [6, 6.07) is 2.30. The molecule has 8 heteroatoms. The van der Waals surface area contributed by atoms with Crippen molar-refractivity contribution in [3.05, 3.63) is 21.9 Å². The number of aromatic nitrogens is 3. The molecule has 2 aromatic heterocycles. The van der Waals surface area contributed by atoms with Gasteiger partial charge in [0.1, 0.15) is 0 Å². The number of hydrogen-bond donors (Lipinski definition) is 2. The number of aryl methyl sites for hydroxylation is 1. The number of rotatable bonds is 8. The molecule has 3 N–H and O–H groups in total. The van der Waals surface area contributed by atoms with Gasteiger partial charge in [-0.25, -0.2) is 4.68 Å². The summed E-state index contributed by atoms with van der Waals surface area (Å²) in [5, 5.41) is 9.58. The Kier molecular flexibility index (Phi) is 5.89. The van der Waals surface area contributed by atoms with Crippen LogP contribution < -0.4 is 11.1 Å². The average molecular weight is 326 g/mol. The van der Waals surface area contributed by atoms with Crippen molar-refractivity contribution in [2.75, 3.05) is 37.4 Å². The molecule has 0 aliphatic heterocycles. The van der Waals surface area contributed by atoms with Crippen LogP contribution in [0.3, 0.4) is 0 Å². The molecule has 2 heterocycles. The second-order valence-corrected chi connectivity index (χ2v) is 7.16. The monoisotopic (exact) mass is 326 g/mol. The van der Waals surface area contributed by atoms with E-state index in [2.05, 4.69) is 45.8 Å². The molecular formula is C13H22N6S2. The number of hydrogen-bond acceptors (Lipinski definition) is 7. The van der Waals surface area contributed by atoms with E-state index in [9.17, 15) is 0 Å². The average Bonchev–Trinajstić information content (AvgIpc) is 2.96. The maximum Gasteiger partial charge on any atom is 0.243 e. The van der Waals surface area contributed by atoms with Crippen molar-refractivity contribution in [3.8, 4) is 0 Å². The topological polar surface area (TPSA) is 72.0 Å². The second-order valence-electron chi connectivity index (χ2n) is 5.06. The van der Waals surface area contributed by atoms with E-state index in [1.54, 1.807) is 11.7 Å². The normalized spacial score (nSPS) is 11.2. The SMILES string of the molecule is CN(C)Cc1cc(CSCCNc2nc(N)n(C)n2)cs1. The van der Waals surface area contributed by atoms with Crippen LogP contribution in [-0.2, 0) is 19.3 Å². The summed E-state index contributed by atoms with van der Waals surface area (Å²) in [5.74, 6) is 3.08. The number of anilines is 2. The van der Waals surface area contributed by atoms with E-state index >= 15 is 0 Å². The Labute approximate surface area is 133 Å². The summed E-state index contributed by atoms with van der Waals surface area (Å²) in [5.41, 5.74) is 7.03. The van der Waals surface area contributed by atoms with Gasteiger partial charge in [-0.2, -0.15) is 16.7 Å². The summed E-state index contributed by atoms with van der Waals surface area (Å²) in [4.78, 5) is 7.71. The molecule has 0 bridgehead atoms. The fraction of sp³-hybridized carbons (Fsp3) is 0.538. The van der Waals surface area contributed by atoms with Gasteiger partial charge in [0, 0.05) is 36.5 Å². The van der Waals surface area contributed by atoms with Gasteiger partial charge in [0.25, 0.3) is 0 Å². The molecule has 0 fully saturated rings. The van der Waals surface area contributed by atoms with Gasteiger partial charge in [-0.15, -0.1) is 16.4 Å². The third-order valence-electron chi connectivity index (χ3n) is 2.78. The molecule has 0 unspecified atom stereocenters. The smallest absolute Gasteiger partial charge is 0.243 e. The minimum atomic E-state index is 0.428. The van der Waals surface area contributed by atoms with Crippen LogP contribution >= 0.6 is 23.1 Å². The molecular weight excluding hydrogens is 304 g/mol. The van der Waals surface area contributed by atoms with Gasteiger partial charge in [-0.05, 0) is 31.1 Å². The molecule has 0 spiro atoms. The van der Waals surface area contributed by atoms with E-state index in [0.717, 1.165) is 24.6 Å². The third-order valence-corrected chi connectivity index (χ3v) is 4.78. The zero-order valence-corrected chi connectivity index (χ0v) is 14.3. The quantitative estimate of drug-likeness (QED) is 0.722. The highest BCUT2D eigenvalue weighted by Gasteiger charge is 2.03. The van der Waals surface area contributed by atoms with Crippen LogP contribution in [0.5, 0.6) is 0 Å². The Morgan fingerprint density at radius 2 is 2.29 bits per heavy atom. The summed E-state index contributed by atoms with van der Waals surface area (Å²) >= 11 is 3.74. The largest absolute Gasteiger partial charge is 0.368 e. The minimum Gasteiger partial charge on any atom is -0.368 e. The highest BCUT2D eigenvalue weighted by atomic mass is 32.2. The van der Waals surface area contributed by atoms with Crippen LogP contribution in [0.25, 0.3) is 0 Å². The number of thiophene rings is 1. The maximum atomic E-state index is 5.63. The van der Waals surface area contributed by atoms with Gasteiger partial charge in [0.05, 0.1) is 0 Å². The zero-order valence-electron chi connectivity index (χ0n) is 12.7. The Morgan fingerprint density at radius 1 is 1.48 bits per heavy atom. The first-order valence-electron chi connectivity index (χ1n) is 6.73. The first-order valence-corrected chi connectivity index (χ1v) is 8.77. The van der Waals surface area contributed by atoms with Crippen molar-refractivity contribution >= 4 is 35.0 Å². The molecule has 0 saturated carbocycles. The Bertz CT molecular complexity index is 543. The highest BCUT2D eigenvalue weighted by Crippen LogP contribution is 2.20. The van der Waals surface area contributed by atoms with Crippen molar-refractivity contribution in [1.29, 1.82) is 0 Å². The first-order chi connectivity index (χ1) is 10.0. The van der Waals surface area contributed by atoms with Gasteiger partial charge < -0.3 is 16.0 Å². The molecule has 0 atom stereocenters. The number of nitrogens with zero attached hydrogens (tertiary/aromatic N) is 4. The van der Waals surface area contributed by atoms with E-state index in [1.807, 2.05) is 23.1 Å². The first kappa shape index (κ1) is 16.1. The van der Waals surface area contributed by atoms with Crippen LogP contribution in [0.15, 0.2) is 11.4 Å². The molecule has 0 aliphatic rings. The number of nitrogens with two attached hydrogens (primary N) is 1. The lowest BCUT2D eigenvalue weighted by Crippen LogP contribution is -2.09. The Balaban J connectivity index is 1.64. The molecule has 0 aromatic carbocycles. The van der Waals surface area contributed by atoms with Crippen LogP contribution in [0.4, 0.5) is 11.9 Å². The predicted molar refractivity (Wildman–Crippen MR) is 91.8 cm³/mol. The molecule has 0 aliphatic carbocycles. The van der Waals surface area contributed by atoms with Crippen molar-refractivity contribution in [1.82, 2.24) is 19.7 Å². The molecule has 2 rings (SSSR count). The summed E-state index contributed by atoms with van der Waals surface area (Å²) in [6.07, 6.45) is 0. The summed E-state index contributed by atoms with van der Waals surface area (Å²) < 4.78 is 1.56. The van der Waals surface area contributed by atoms with Crippen molar-refractivity contribution in [2.45, 2.75) is 12.3 Å². The van der Waals surface area contributed by atoms with Crippen LogP contribution in [0, 0.1) is 0 Å². The molecule has 6 nitrogen and oxygen atoms in total. The lowest BCUT2D eigenvalue weighted by Gasteiger charge is -2.06. The Morgan fingerprint density at radius 3 is 2.95 bits per heavy atom. The van der Waals surface area contributed by atoms with Crippen LogP contribution in [-0.4, -0.2) is 46.1 Å². The van der Waals surface area contributed by atoms with Crippen molar-refractivity contribution in [2.24, 2.45) is 7.05 Å². The van der Waals surface area contributed by atoms with E-state index in [4.69, 9.17) is 5.73 Å². The summed E-state index contributed by atoms with van der Waals surface area (Å²) in [7, 11) is 5.97. The van der Waals surface area contributed by atoms with Gasteiger partial charge >= 0.3 is 0 Å². The van der Waals surface area contributed by atoms with Gasteiger partial charge in [0.2, 0.25) is 11.9 Å². The second kappa shape index (κ2) is 7.67. The minimum absolute atomic E-state index is 0.428. The molecule has 116 valence electrons. The van der Waals surface area contributed by atoms with Crippen LogP contribution in [0.1, 0.15) is 10.4 Å². The maximum absolute atomic E-state index is 5.63. The number of nitrogens with one attached hydrogen (secondary N) is 1. The molecule has 0 amide bonds. The number of nitrogen functional groups attached to an aromatic ring is 1. The fourth-order valence-electron chi connectivity index (χ4n) is 1.79. The standard InChI is InChI=1S/C13H22N6S2/c1-18(2)7-11-6-10(9-21-11)8-20-5-4-15-13-16-12(14)19(3)17-13/h6,9H,4-5,7-8H2,1-3H3,(H3,14,15,16,17). The van der Waals surface area contributed by atoms with E-state index in [0.29, 0.717) is 11.9 Å². The van der Waals surface area contributed by atoms with Gasteiger partial charge in [0.15, 0.2) is 0 Å². The van der Waals surface area contributed by atoms with Crippen molar-refractivity contribution in [3.63, 3.8) is 0 Å². The fourth-order valence-corrected chi connectivity index (χ4v) is 3.70. The van der Waals surface area contributed by atoms with Gasteiger partial charge in [-0.1, -0.05) is 0 Å². The predicted octanol–water partition coefficient (Wildman–Crippen LogP) is 1.87. The molecule has 0 saturated heterocycles. The van der Waals surface area contributed by atoms with E-state index in [-0.39, 0.29) is 0 Å². The summed E-state index contributed by atoms with van der Waals surface area (Å²) in [6.45, 7) is 1.85. The Hall–Kier alpha value is -1.25. The van der Waals surface area contributed by atoms with E-state index < -0.39 is 0 Å². The lowest BCUT2D eigenvalue weighted by atomic mass is 10.3. The van der Waals surface area contributed by atoms with Crippen LogP contribution in [0.2, 0.25) is 0 Å². The molecule has 0 radical (unpaired) electrons.